The molecule has 19 heavy (non-hydrogen) atoms. The average molecular weight is 253 g/mol. The van der Waals surface area contributed by atoms with Crippen LogP contribution in [0, 0.1) is 0 Å². The van der Waals surface area contributed by atoms with Crippen molar-refractivity contribution in [2.24, 2.45) is 4.99 Å². The van der Waals surface area contributed by atoms with Gasteiger partial charge in [-0.15, -0.1) is 0 Å². The van der Waals surface area contributed by atoms with E-state index in [1.54, 1.807) is 0 Å². The van der Waals surface area contributed by atoms with Gasteiger partial charge >= 0.3 is 0 Å². The number of hydrogen-bond donors (Lipinski definition) is 0. The van der Waals surface area contributed by atoms with Gasteiger partial charge in [-0.05, 0) is 63.3 Å². The van der Waals surface area contributed by atoms with Crippen LogP contribution in [0.4, 0.5) is 0 Å². The topological polar surface area (TPSA) is 12.4 Å². The fourth-order valence-electron chi connectivity index (χ4n) is 2.38. The van der Waals surface area contributed by atoms with Gasteiger partial charge in [0.15, 0.2) is 0 Å². The van der Waals surface area contributed by atoms with Gasteiger partial charge in [-0.1, -0.05) is 35.9 Å². The minimum atomic E-state index is -0.0274. The van der Waals surface area contributed by atoms with Crippen molar-refractivity contribution in [3.63, 3.8) is 0 Å². The predicted molar refractivity (Wildman–Crippen MR) is 84.8 cm³/mol. The lowest BCUT2D eigenvalue weighted by molar-refractivity contribution is 0.586. The van der Waals surface area contributed by atoms with Crippen LogP contribution >= 0.6 is 0 Å². The van der Waals surface area contributed by atoms with Crippen LogP contribution in [0.15, 0.2) is 46.5 Å². The summed E-state index contributed by atoms with van der Waals surface area (Å²) < 4.78 is 0. The quantitative estimate of drug-likeness (QED) is 0.656. The van der Waals surface area contributed by atoms with E-state index in [2.05, 4.69) is 70.0 Å². The second kappa shape index (κ2) is 5.16. The van der Waals surface area contributed by atoms with Crippen molar-refractivity contribution < 1.29 is 0 Å². The molecule has 1 aromatic rings. The summed E-state index contributed by atoms with van der Waals surface area (Å²) in [4.78, 5) is 4.64. The zero-order chi connectivity index (χ0) is 14.0. The third-order valence-electron chi connectivity index (χ3n) is 3.27. The number of allylic oxidation sites excluding steroid dienone is 4. The molecule has 2 rings (SSSR count). The summed E-state index contributed by atoms with van der Waals surface area (Å²) >= 11 is 0. The molecule has 0 bridgehead atoms. The Morgan fingerprint density at radius 1 is 1.11 bits per heavy atom. The van der Waals surface area contributed by atoms with Crippen LogP contribution in [0.1, 0.15) is 52.2 Å². The molecule has 1 heteroatoms. The first-order valence-electron chi connectivity index (χ1n) is 6.88. The zero-order valence-electron chi connectivity index (χ0n) is 12.6. The summed E-state index contributed by atoms with van der Waals surface area (Å²) in [5.41, 5.74) is 6.77. The standard InChI is InChI=1S/C18H23N/c1-13-10-14(2)17(11-13)16-9-7-6-8-15(16)12-19-18(3,4)5/h6-10,12H,11H2,1-5H3/b19-12+. The molecule has 0 spiro atoms. The lowest BCUT2D eigenvalue weighted by atomic mass is 9.96. The van der Waals surface area contributed by atoms with Crippen LogP contribution < -0.4 is 0 Å². The molecule has 0 atom stereocenters. The Bertz CT molecular complexity index is 566. The highest BCUT2D eigenvalue weighted by Crippen LogP contribution is 2.34. The van der Waals surface area contributed by atoms with E-state index in [1.165, 1.54) is 27.8 Å². The Morgan fingerprint density at radius 3 is 2.37 bits per heavy atom. The Balaban J connectivity index is 2.39. The van der Waals surface area contributed by atoms with Gasteiger partial charge in [0.1, 0.15) is 0 Å². The minimum absolute atomic E-state index is 0.0274. The van der Waals surface area contributed by atoms with E-state index in [-0.39, 0.29) is 5.54 Å². The fourth-order valence-corrected chi connectivity index (χ4v) is 2.38. The van der Waals surface area contributed by atoms with Crippen molar-refractivity contribution >= 4 is 11.8 Å². The van der Waals surface area contributed by atoms with Crippen LogP contribution in [0.25, 0.3) is 5.57 Å². The van der Waals surface area contributed by atoms with E-state index in [1.807, 2.05) is 6.21 Å². The Hall–Kier alpha value is -1.63. The molecule has 0 aromatic heterocycles. The van der Waals surface area contributed by atoms with E-state index in [0.29, 0.717) is 0 Å². The lowest BCUT2D eigenvalue weighted by Crippen LogP contribution is -2.10. The maximum absolute atomic E-state index is 4.64. The highest BCUT2D eigenvalue weighted by Gasteiger charge is 2.14. The van der Waals surface area contributed by atoms with E-state index >= 15 is 0 Å². The molecule has 1 aliphatic rings. The van der Waals surface area contributed by atoms with Gasteiger partial charge in [0.05, 0.1) is 5.54 Å². The highest BCUT2D eigenvalue weighted by molar-refractivity contribution is 5.90. The molecule has 0 saturated heterocycles. The molecule has 1 aliphatic carbocycles. The molecule has 0 amide bonds. The lowest BCUT2D eigenvalue weighted by Gasteiger charge is -2.13. The predicted octanol–water partition coefficient (Wildman–Crippen LogP) is 5.03. The Kier molecular flexibility index (Phi) is 3.75. The summed E-state index contributed by atoms with van der Waals surface area (Å²) in [5.74, 6) is 0. The first kappa shape index (κ1) is 13.8. The number of aliphatic imine (C=N–C) groups is 1. The number of nitrogens with zero attached hydrogens (tertiary/aromatic N) is 1. The third kappa shape index (κ3) is 3.44. The molecule has 1 aromatic carbocycles. The Morgan fingerprint density at radius 2 is 1.79 bits per heavy atom. The monoisotopic (exact) mass is 253 g/mol. The molecule has 0 saturated carbocycles. The van der Waals surface area contributed by atoms with Gasteiger partial charge in [-0.2, -0.15) is 0 Å². The van der Waals surface area contributed by atoms with Crippen LogP contribution in [-0.2, 0) is 0 Å². The summed E-state index contributed by atoms with van der Waals surface area (Å²) in [5, 5.41) is 0. The van der Waals surface area contributed by atoms with Crippen molar-refractivity contribution in [3.8, 4) is 0 Å². The molecule has 0 unspecified atom stereocenters. The fraction of sp³-hybridized carbons (Fsp3) is 0.389. The van der Waals surface area contributed by atoms with Crippen molar-refractivity contribution in [1.82, 2.24) is 0 Å². The summed E-state index contributed by atoms with van der Waals surface area (Å²) in [7, 11) is 0. The molecule has 0 aliphatic heterocycles. The molecule has 0 heterocycles. The molecule has 0 N–H and O–H groups in total. The van der Waals surface area contributed by atoms with Crippen LogP contribution in [0.2, 0.25) is 0 Å². The smallest absolute Gasteiger partial charge is 0.0524 e. The van der Waals surface area contributed by atoms with E-state index in [4.69, 9.17) is 0 Å². The van der Waals surface area contributed by atoms with Gasteiger partial charge in [-0.25, -0.2) is 0 Å². The molecule has 0 fully saturated rings. The minimum Gasteiger partial charge on any atom is -0.287 e. The van der Waals surface area contributed by atoms with Gasteiger partial charge in [0.25, 0.3) is 0 Å². The Labute approximate surface area is 116 Å². The molecular weight excluding hydrogens is 230 g/mol. The second-order valence-electron chi connectivity index (χ2n) is 6.35. The van der Waals surface area contributed by atoms with Crippen LogP contribution in [-0.4, -0.2) is 11.8 Å². The highest BCUT2D eigenvalue weighted by atomic mass is 14.8. The third-order valence-corrected chi connectivity index (χ3v) is 3.27. The molecular formula is C18H23N. The maximum atomic E-state index is 4.64. The molecule has 1 nitrogen and oxygen atoms in total. The van der Waals surface area contributed by atoms with Crippen molar-refractivity contribution in [3.05, 3.63) is 52.6 Å². The summed E-state index contributed by atoms with van der Waals surface area (Å²) in [6.07, 6.45) is 5.36. The van der Waals surface area contributed by atoms with Crippen LogP contribution in [0.5, 0.6) is 0 Å². The molecule has 0 radical (unpaired) electrons. The number of rotatable bonds is 2. The number of hydrogen-bond acceptors (Lipinski definition) is 1. The summed E-state index contributed by atoms with van der Waals surface area (Å²) in [6, 6.07) is 8.55. The zero-order valence-corrected chi connectivity index (χ0v) is 12.6. The number of benzene rings is 1. The first-order valence-corrected chi connectivity index (χ1v) is 6.88. The van der Waals surface area contributed by atoms with Crippen LogP contribution in [0.3, 0.4) is 0 Å². The van der Waals surface area contributed by atoms with Crippen molar-refractivity contribution in [2.75, 3.05) is 0 Å². The van der Waals surface area contributed by atoms with Crippen molar-refractivity contribution in [1.29, 1.82) is 0 Å². The van der Waals surface area contributed by atoms with Gasteiger partial charge in [0.2, 0.25) is 0 Å². The average Bonchev–Trinajstić information content (AvgIpc) is 2.65. The second-order valence-corrected chi connectivity index (χ2v) is 6.35. The SMILES string of the molecule is CC1=CC(C)=C(c2ccccc2/C=N/C(C)(C)C)C1. The van der Waals surface area contributed by atoms with E-state index < -0.39 is 0 Å². The summed E-state index contributed by atoms with van der Waals surface area (Å²) in [6.45, 7) is 10.8. The van der Waals surface area contributed by atoms with Gasteiger partial charge < -0.3 is 0 Å². The normalized spacial score (nSPS) is 16.4. The molecule has 100 valence electrons. The van der Waals surface area contributed by atoms with Gasteiger partial charge in [-0.3, -0.25) is 4.99 Å². The van der Waals surface area contributed by atoms with Crippen molar-refractivity contribution in [2.45, 2.75) is 46.6 Å². The maximum Gasteiger partial charge on any atom is 0.0524 e. The van der Waals surface area contributed by atoms with E-state index in [9.17, 15) is 0 Å². The van der Waals surface area contributed by atoms with E-state index in [0.717, 1.165) is 6.42 Å². The van der Waals surface area contributed by atoms with Gasteiger partial charge in [0, 0.05) is 6.21 Å². The largest absolute Gasteiger partial charge is 0.287 e. The first-order chi connectivity index (χ1) is 8.87.